The fourth-order valence-corrected chi connectivity index (χ4v) is 4.20. The van der Waals surface area contributed by atoms with Crippen molar-refractivity contribution in [3.8, 4) is 0 Å². The van der Waals surface area contributed by atoms with Crippen LogP contribution in [0.1, 0.15) is 42.0 Å². The van der Waals surface area contributed by atoms with Crippen LogP contribution in [-0.2, 0) is 9.59 Å². The average molecular weight is 409 g/mol. The van der Waals surface area contributed by atoms with Gasteiger partial charge in [0.15, 0.2) is 0 Å². The molecule has 0 bridgehead atoms. The van der Waals surface area contributed by atoms with Crippen LogP contribution >= 0.6 is 0 Å². The number of carbonyl (C=O) groups is 3. The first-order chi connectivity index (χ1) is 14.4. The summed E-state index contributed by atoms with van der Waals surface area (Å²) < 4.78 is 0. The Hall–Kier alpha value is -3.09. The van der Waals surface area contributed by atoms with Crippen LogP contribution in [0.4, 0.5) is 4.79 Å². The van der Waals surface area contributed by atoms with E-state index >= 15 is 0 Å². The number of aryl methyl sites for hydroxylation is 2. The zero-order chi connectivity index (χ0) is 21.4. The van der Waals surface area contributed by atoms with Gasteiger partial charge in [-0.3, -0.25) is 14.5 Å². The molecule has 2 N–H and O–H groups in total. The fraction of sp³-hybridized carbons (Fsp3) is 0.435. The summed E-state index contributed by atoms with van der Waals surface area (Å²) in [6, 6.07) is 5.59. The first-order valence-electron chi connectivity index (χ1n) is 10.5. The van der Waals surface area contributed by atoms with E-state index in [-0.39, 0.29) is 24.3 Å². The first-order valence-corrected chi connectivity index (χ1v) is 10.5. The number of carbonyl (C=O) groups excluding carboxylic acids is 3. The molecule has 0 radical (unpaired) electrons. The predicted molar refractivity (Wildman–Crippen MR) is 113 cm³/mol. The van der Waals surface area contributed by atoms with Crippen molar-refractivity contribution in [2.24, 2.45) is 0 Å². The Kier molecular flexibility index (Phi) is 5.37. The summed E-state index contributed by atoms with van der Waals surface area (Å²) in [4.78, 5) is 41.5. The number of hydrogen-bond acceptors (Lipinski definition) is 3. The van der Waals surface area contributed by atoms with Crippen LogP contribution in [0.25, 0.3) is 0 Å². The second-order valence-corrected chi connectivity index (χ2v) is 8.32. The van der Waals surface area contributed by atoms with Gasteiger partial charge < -0.3 is 15.5 Å². The largest absolute Gasteiger partial charge is 0.353 e. The molecule has 0 aromatic heterocycles. The highest BCUT2D eigenvalue weighted by atomic mass is 16.2. The lowest BCUT2D eigenvalue weighted by Crippen LogP contribution is -2.47. The Bertz CT molecular complexity index is 948. The lowest BCUT2D eigenvalue weighted by molar-refractivity contribution is -0.127. The summed E-state index contributed by atoms with van der Waals surface area (Å²) in [5, 5.41) is 5.96. The van der Waals surface area contributed by atoms with Gasteiger partial charge in [-0.2, -0.15) is 0 Å². The van der Waals surface area contributed by atoms with Crippen molar-refractivity contribution in [1.82, 2.24) is 20.4 Å². The minimum absolute atomic E-state index is 0.0294. The standard InChI is InChI=1S/C23H28N4O3/c1-4-10-27-18-13-26(11-9-19(28)24-16-6-7-16)22(29)20(18)21(25-23(27)30)17-8-5-14(2)12-15(17)3/h4-5,8,12,16,21H,1,6-7,9-11,13H2,2-3H3,(H,24,28)(H,25,30). The molecule has 4 rings (SSSR count). The number of benzene rings is 1. The molecule has 7 heteroatoms. The molecular weight excluding hydrogens is 380 g/mol. The van der Waals surface area contributed by atoms with E-state index in [9.17, 15) is 14.4 Å². The normalized spacial score (nSPS) is 20.9. The molecule has 0 saturated heterocycles. The van der Waals surface area contributed by atoms with Crippen molar-refractivity contribution in [2.75, 3.05) is 19.6 Å². The third-order valence-electron chi connectivity index (χ3n) is 5.90. The van der Waals surface area contributed by atoms with Crippen LogP contribution in [0.5, 0.6) is 0 Å². The lowest BCUT2D eigenvalue weighted by Gasteiger charge is -2.33. The highest BCUT2D eigenvalue weighted by molar-refractivity contribution is 6.01. The van der Waals surface area contributed by atoms with E-state index in [0.717, 1.165) is 29.5 Å². The van der Waals surface area contributed by atoms with Crippen molar-refractivity contribution < 1.29 is 14.4 Å². The summed E-state index contributed by atoms with van der Waals surface area (Å²) in [6.07, 6.45) is 3.98. The number of nitrogens with one attached hydrogen (secondary N) is 2. The SMILES string of the molecule is C=CCN1C(=O)NC(c2ccc(C)cc2C)C2=C1CN(CCC(=O)NC1CC1)C2=O. The van der Waals surface area contributed by atoms with E-state index in [2.05, 4.69) is 23.3 Å². The van der Waals surface area contributed by atoms with E-state index < -0.39 is 6.04 Å². The molecule has 3 aliphatic rings. The quantitative estimate of drug-likeness (QED) is 0.680. The highest BCUT2D eigenvalue weighted by Gasteiger charge is 2.44. The Morgan fingerprint density at radius 3 is 2.73 bits per heavy atom. The second kappa shape index (κ2) is 7.97. The maximum atomic E-state index is 13.3. The molecule has 30 heavy (non-hydrogen) atoms. The van der Waals surface area contributed by atoms with Crippen molar-refractivity contribution in [2.45, 2.75) is 45.2 Å². The zero-order valence-corrected chi connectivity index (χ0v) is 17.5. The minimum Gasteiger partial charge on any atom is -0.353 e. The maximum Gasteiger partial charge on any atom is 0.322 e. The van der Waals surface area contributed by atoms with E-state index in [1.807, 2.05) is 26.0 Å². The lowest BCUT2D eigenvalue weighted by atomic mass is 9.91. The van der Waals surface area contributed by atoms with Gasteiger partial charge in [0, 0.05) is 25.6 Å². The molecule has 1 aliphatic carbocycles. The molecule has 1 fully saturated rings. The van der Waals surface area contributed by atoms with Crippen LogP contribution in [0.15, 0.2) is 42.1 Å². The van der Waals surface area contributed by atoms with Crippen LogP contribution in [-0.4, -0.2) is 53.3 Å². The predicted octanol–water partition coefficient (Wildman–Crippen LogP) is 2.32. The van der Waals surface area contributed by atoms with Gasteiger partial charge in [-0.1, -0.05) is 29.8 Å². The van der Waals surface area contributed by atoms with Crippen LogP contribution in [0.2, 0.25) is 0 Å². The Morgan fingerprint density at radius 1 is 1.30 bits per heavy atom. The smallest absolute Gasteiger partial charge is 0.322 e. The van der Waals surface area contributed by atoms with E-state index in [0.29, 0.717) is 36.9 Å². The second-order valence-electron chi connectivity index (χ2n) is 8.32. The molecule has 4 amide bonds. The molecule has 1 aromatic rings. The molecular formula is C23H28N4O3. The summed E-state index contributed by atoms with van der Waals surface area (Å²) >= 11 is 0. The summed E-state index contributed by atoms with van der Waals surface area (Å²) in [7, 11) is 0. The van der Waals surface area contributed by atoms with Crippen LogP contribution in [0, 0.1) is 13.8 Å². The van der Waals surface area contributed by atoms with Gasteiger partial charge in [0.1, 0.15) is 0 Å². The maximum absolute atomic E-state index is 13.3. The van der Waals surface area contributed by atoms with Gasteiger partial charge in [0.25, 0.3) is 5.91 Å². The van der Waals surface area contributed by atoms with Crippen LogP contribution in [0.3, 0.4) is 0 Å². The van der Waals surface area contributed by atoms with Crippen molar-refractivity contribution in [3.05, 3.63) is 58.8 Å². The average Bonchev–Trinajstić information content (AvgIpc) is 3.44. The number of urea groups is 1. The van der Waals surface area contributed by atoms with Gasteiger partial charge in [-0.15, -0.1) is 6.58 Å². The molecule has 158 valence electrons. The monoisotopic (exact) mass is 408 g/mol. The van der Waals surface area contributed by atoms with Gasteiger partial charge in [0.2, 0.25) is 5.91 Å². The summed E-state index contributed by atoms with van der Waals surface area (Å²) in [6.45, 7) is 8.73. The fourth-order valence-electron chi connectivity index (χ4n) is 4.20. The molecule has 1 atom stereocenters. The third-order valence-corrected chi connectivity index (χ3v) is 5.90. The number of rotatable bonds is 7. The molecule has 1 aromatic carbocycles. The van der Waals surface area contributed by atoms with E-state index in [4.69, 9.17) is 0 Å². The molecule has 1 unspecified atom stereocenters. The summed E-state index contributed by atoms with van der Waals surface area (Å²) in [5.74, 6) is -0.151. The topological polar surface area (TPSA) is 81.8 Å². The van der Waals surface area contributed by atoms with Gasteiger partial charge in [-0.25, -0.2) is 4.79 Å². The molecule has 2 heterocycles. The third kappa shape index (κ3) is 3.84. The highest BCUT2D eigenvalue weighted by Crippen LogP contribution is 2.37. The van der Waals surface area contributed by atoms with Gasteiger partial charge >= 0.3 is 6.03 Å². The van der Waals surface area contributed by atoms with Crippen molar-refractivity contribution in [1.29, 1.82) is 0 Å². The molecule has 0 spiro atoms. The Morgan fingerprint density at radius 2 is 2.07 bits per heavy atom. The summed E-state index contributed by atoms with van der Waals surface area (Å²) in [5.41, 5.74) is 4.37. The Labute approximate surface area is 176 Å². The van der Waals surface area contributed by atoms with Crippen LogP contribution < -0.4 is 10.6 Å². The Balaban J connectivity index is 1.60. The van der Waals surface area contributed by atoms with Gasteiger partial charge in [0.05, 0.1) is 23.9 Å². The van der Waals surface area contributed by atoms with E-state index in [1.165, 1.54) is 0 Å². The number of nitrogens with zero attached hydrogens (tertiary/aromatic N) is 2. The van der Waals surface area contributed by atoms with Gasteiger partial charge in [-0.05, 0) is 37.8 Å². The first kappa shape index (κ1) is 20.2. The number of amides is 4. The molecule has 2 aliphatic heterocycles. The molecule has 7 nitrogen and oxygen atoms in total. The number of hydrogen-bond donors (Lipinski definition) is 2. The van der Waals surface area contributed by atoms with Crippen molar-refractivity contribution in [3.63, 3.8) is 0 Å². The molecule has 1 saturated carbocycles. The minimum atomic E-state index is -0.494. The zero-order valence-electron chi connectivity index (χ0n) is 17.5. The van der Waals surface area contributed by atoms with E-state index in [1.54, 1.807) is 15.9 Å². The van der Waals surface area contributed by atoms with Crippen molar-refractivity contribution >= 4 is 17.8 Å².